The van der Waals surface area contributed by atoms with Gasteiger partial charge < -0.3 is 0 Å². The van der Waals surface area contributed by atoms with E-state index in [0.29, 0.717) is 0 Å². The first-order valence-electron chi connectivity index (χ1n) is 2.70. The van der Waals surface area contributed by atoms with Crippen molar-refractivity contribution >= 4 is 39.0 Å². The Bertz CT molecular complexity index is 341. The van der Waals surface area contributed by atoms with Crippen LogP contribution in [0.3, 0.4) is 0 Å². The van der Waals surface area contributed by atoms with Crippen molar-refractivity contribution in [1.29, 1.82) is 0 Å². The van der Waals surface area contributed by atoms with Gasteiger partial charge in [-0.25, -0.2) is 8.42 Å². The maximum atomic E-state index is 10.8. The molecule has 1 rings (SSSR count). The predicted molar refractivity (Wildman–Crippen MR) is 50.3 cm³/mol. The first kappa shape index (κ1) is 9.22. The summed E-state index contributed by atoms with van der Waals surface area (Å²) >= 11 is 5.77. The molecule has 0 bridgehead atoms. The van der Waals surface area contributed by atoms with Crippen LogP contribution < -0.4 is 0 Å². The summed E-state index contributed by atoms with van der Waals surface area (Å²) in [5, 5.41) is 0. The molecule has 0 atom stereocenters. The van der Waals surface area contributed by atoms with Gasteiger partial charge in [0.05, 0.1) is 19.7 Å². The van der Waals surface area contributed by atoms with Gasteiger partial charge in [-0.05, 0) is 24.3 Å². The van der Waals surface area contributed by atoms with Crippen LogP contribution in [0.5, 0.6) is 0 Å². The second kappa shape index (κ2) is 3.25. The van der Waals surface area contributed by atoms with E-state index in [0.717, 1.165) is 4.47 Å². The third kappa shape index (κ3) is 2.57. The number of hydrogen-bond acceptors (Lipinski definition) is 2. The fourth-order valence-corrected chi connectivity index (χ4v) is 1.97. The Morgan fingerprint density at radius 3 is 1.91 bits per heavy atom. The molecule has 0 amide bonds. The topological polar surface area (TPSA) is 34.1 Å². The molecule has 2 nitrogen and oxygen atoms in total. The SMILES string of the molecule is O=S(=O)(Br)c1ccc(Br)cc1. The van der Waals surface area contributed by atoms with E-state index in [4.69, 9.17) is 0 Å². The highest BCUT2D eigenvalue weighted by atomic mass is 79.9. The minimum Gasteiger partial charge on any atom is -0.212 e. The molecule has 0 aromatic heterocycles. The monoisotopic (exact) mass is 298 g/mol. The summed E-state index contributed by atoms with van der Waals surface area (Å²) < 4.78 is 22.5. The zero-order valence-electron chi connectivity index (χ0n) is 5.29. The Morgan fingerprint density at radius 1 is 1.09 bits per heavy atom. The number of rotatable bonds is 1. The normalized spacial score (nSPS) is 11.5. The van der Waals surface area contributed by atoms with Gasteiger partial charge in [0.2, 0.25) is 8.27 Å². The maximum absolute atomic E-state index is 10.8. The number of halogens is 2. The summed E-state index contributed by atoms with van der Waals surface area (Å²) in [7, 11) is -3.23. The third-order valence-electron chi connectivity index (χ3n) is 1.10. The molecule has 0 saturated carbocycles. The summed E-state index contributed by atoms with van der Waals surface area (Å²) in [5.41, 5.74) is 0. The van der Waals surface area contributed by atoms with Gasteiger partial charge >= 0.3 is 0 Å². The van der Waals surface area contributed by atoms with Crippen LogP contribution in [-0.2, 0) is 8.27 Å². The molecule has 5 heteroatoms. The molecule has 1 aromatic carbocycles. The van der Waals surface area contributed by atoms with Crippen molar-refractivity contribution in [2.45, 2.75) is 4.90 Å². The molecular formula is C6H4Br2O2S. The zero-order valence-corrected chi connectivity index (χ0v) is 9.28. The minimum atomic E-state index is -3.23. The van der Waals surface area contributed by atoms with Crippen molar-refractivity contribution in [3.8, 4) is 0 Å². The van der Waals surface area contributed by atoms with Crippen LogP contribution in [0.1, 0.15) is 0 Å². The summed E-state index contributed by atoms with van der Waals surface area (Å²) in [6.07, 6.45) is 0. The van der Waals surface area contributed by atoms with Gasteiger partial charge in [0.25, 0.3) is 0 Å². The molecule has 11 heavy (non-hydrogen) atoms. The Balaban J connectivity index is 3.20. The molecule has 0 unspecified atom stereocenters. The average Bonchev–Trinajstić information content (AvgIpc) is 1.86. The lowest BCUT2D eigenvalue weighted by atomic mass is 10.4. The fourth-order valence-electron chi connectivity index (χ4n) is 0.597. The lowest BCUT2D eigenvalue weighted by Crippen LogP contribution is -1.87. The van der Waals surface area contributed by atoms with Gasteiger partial charge in [0.15, 0.2) is 0 Å². The van der Waals surface area contributed by atoms with E-state index in [1.807, 2.05) is 0 Å². The lowest BCUT2D eigenvalue weighted by molar-refractivity contribution is 0.611. The molecule has 0 radical (unpaired) electrons. The highest BCUT2D eigenvalue weighted by molar-refractivity contribution is 9.47. The van der Waals surface area contributed by atoms with Crippen molar-refractivity contribution in [2.75, 3.05) is 0 Å². The third-order valence-corrected chi connectivity index (χ3v) is 3.58. The van der Waals surface area contributed by atoms with Gasteiger partial charge in [0.1, 0.15) is 0 Å². The van der Waals surface area contributed by atoms with Crippen molar-refractivity contribution in [3.63, 3.8) is 0 Å². The standard InChI is InChI=1S/C6H4Br2O2S/c7-5-1-3-6(4-2-5)11(8,9)10/h1-4H. The number of benzene rings is 1. The summed E-state index contributed by atoms with van der Waals surface area (Å²) in [6, 6.07) is 6.39. The van der Waals surface area contributed by atoms with Crippen molar-refractivity contribution in [1.82, 2.24) is 0 Å². The molecular weight excluding hydrogens is 296 g/mol. The molecule has 0 aliphatic heterocycles. The predicted octanol–water partition coefficient (Wildman–Crippen LogP) is 2.53. The Hall–Kier alpha value is 0.130. The molecule has 0 N–H and O–H groups in total. The molecule has 60 valence electrons. The molecule has 0 saturated heterocycles. The van der Waals surface area contributed by atoms with Gasteiger partial charge in [-0.1, -0.05) is 15.9 Å². The zero-order chi connectivity index (χ0) is 8.48. The van der Waals surface area contributed by atoms with Gasteiger partial charge in [0, 0.05) is 4.47 Å². The first-order valence-corrected chi connectivity index (χ1v) is 6.82. The lowest BCUT2D eigenvalue weighted by Gasteiger charge is -1.94. The highest BCUT2D eigenvalue weighted by Crippen LogP contribution is 2.18. The van der Waals surface area contributed by atoms with Gasteiger partial charge in [-0.2, -0.15) is 0 Å². The fraction of sp³-hybridized carbons (Fsp3) is 0. The van der Waals surface area contributed by atoms with Crippen LogP contribution >= 0.6 is 30.7 Å². The molecule has 0 aliphatic rings. The summed E-state index contributed by atoms with van der Waals surface area (Å²) in [5.74, 6) is 0. The van der Waals surface area contributed by atoms with Crippen molar-refractivity contribution < 1.29 is 8.42 Å². The Labute approximate surface area is 80.9 Å². The van der Waals surface area contributed by atoms with E-state index in [2.05, 4.69) is 30.7 Å². The average molecular weight is 300 g/mol. The minimum absolute atomic E-state index is 0.265. The molecule has 0 heterocycles. The van der Waals surface area contributed by atoms with E-state index >= 15 is 0 Å². The van der Waals surface area contributed by atoms with Crippen molar-refractivity contribution in [2.24, 2.45) is 0 Å². The van der Waals surface area contributed by atoms with E-state index < -0.39 is 8.27 Å². The summed E-state index contributed by atoms with van der Waals surface area (Å²) in [6.45, 7) is 0. The maximum Gasteiger partial charge on any atom is 0.237 e. The Morgan fingerprint density at radius 2 is 1.55 bits per heavy atom. The van der Waals surface area contributed by atoms with Crippen molar-refractivity contribution in [3.05, 3.63) is 28.7 Å². The molecule has 0 aliphatic carbocycles. The number of hydrogen-bond donors (Lipinski definition) is 0. The second-order valence-electron chi connectivity index (χ2n) is 1.89. The van der Waals surface area contributed by atoms with Crippen LogP contribution in [0.2, 0.25) is 0 Å². The van der Waals surface area contributed by atoms with E-state index in [9.17, 15) is 8.42 Å². The van der Waals surface area contributed by atoms with Crippen LogP contribution in [0, 0.1) is 0 Å². The van der Waals surface area contributed by atoms with Crippen LogP contribution in [0.25, 0.3) is 0 Å². The van der Waals surface area contributed by atoms with E-state index in [1.165, 1.54) is 12.1 Å². The quantitative estimate of drug-likeness (QED) is 0.747. The van der Waals surface area contributed by atoms with E-state index in [1.54, 1.807) is 12.1 Å². The molecule has 1 aromatic rings. The second-order valence-corrected chi connectivity index (χ2v) is 6.71. The van der Waals surface area contributed by atoms with Gasteiger partial charge in [-0.15, -0.1) is 0 Å². The first-order chi connectivity index (χ1) is 5.00. The highest BCUT2D eigenvalue weighted by Gasteiger charge is 2.07. The van der Waals surface area contributed by atoms with Crippen LogP contribution in [-0.4, -0.2) is 8.42 Å². The summed E-state index contributed by atoms with van der Waals surface area (Å²) in [4.78, 5) is 0.265. The largest absolute Gasteiger partial charge is 0.237 e. The smallest absolute Gasteiger partial charge is 0.212 e. The molecule has 0 fully saturated rings. The van der Waals surface area contributed by atoms with E-state index in [-0.39, 0.29) is 4.90 Å². The van der Waals surface area contributed by atoms with Crippen LogP contribution in [0.4, 0.5) is 0 Å². The molecule has 0 spiro atoms. The van der Waals surface area contributed by atoms with Crippen LogP contribution in [0.15, 0.2) is 33.6 Å². The van der Waals surface area contributed by atoms with Gasteiger partial charge in [-0.3, -0.25) is 0 Å². The Kier molecular flexibility index (Phi) is 2.72.